The van der Waals surface area contributed by atoms with Gasteiger partial charge in [-0.15, -0.1) is 0 Å². The fourth-order valence-electron chi connectivity index (χ4n) is 3.55. The standard InChI is InChI=1S/C17H25N3O3S/c1-18(2)24(22,23)16-9-8-13-11-20(12-14(13)10-16)17(21)19(3)15-6-4-5-7-15/h8-10,15H,4-7,11-12H2,1-3H3. The molecule has 0 radical (unpaired) electrons. The largest absolute Gasteiger partial charge is 0.325 e. The molecule has 1 aromatic rings. The average Bonchev–Trinajstić information content (AvgIpc) is 3.21. The van der Waals surface area contributed by atoms with Crippen molar-refractivity contribution in [2.45, 2.75) is 49.7 Å². The number of fused-ring (bicyclic) bond motifs is 1. The van der Waals surface area contributed by atoms with Crippen LogP contribution in [0.4, 0.5) is 4.79 Å². The van der Waals surface area contributed by atoms with Crippen LogP contribution < -0.4 is 0 Å². The number of benzene rings is 1. The van der Waals surface area contributed by atoms with Gasteiger partial charge in [-0.1, -0.05) is 18.9 Å². The maximum atomic E-state index is 12.7. The summed E-state index contributed by atoms with van der Waals surface area (Å²) in [6, 6.07) is 5.53. The molecule has 0 atom stereocenters. The second-order valence-electron chi connectivity index (χ2n) is 6.91. The summed E-state index contributed by atoms with van der Waals surface area (Å²) in [5.74, 6) is 0. The quantitative estimate of drug-likeness (QED) is 0.839. The highest BCUT2D eigenvalue weighted by atomic mass is 32.2. The Bertz CT molecular complexity index is 739. The Hall–Kier alpha value is -1.60. The first kappa shape index (κ1) is 17.2. The molecule has 24 heavy (non-hydrogen) atoms. The Morgan fingerprint density at radius 3 is 2.33 bits per heavy atom. The molecule has 1 heterocycles. The molecule has 0 saturated heterocycles. The highest BCUT2D eigenvalue weighted by Gasteiger charge is 2.31. The molecule has 7 heteroatoms. The number of urea groups is 1. The number of amides is 2. The van der Waals surface area contributed by atoms with Crippen LogP contribution in [0.3, 0.4) is 0 Å². The molecule has 0 spiro atoms. The number of nitrogens with zero attached hydrogens (tertiary/aromatic N) is 3. The van der Waals surface area contributed by atoms with Crippen molar-refractivity contribution in [2.24, 2.45) is 0 Å². The van der Waals surface area contributed by atoms with E-state index in [1.54, 1.807) is 17.0 Å². The van der Waals surface area contributed by atoms with Crippen LogP contribution in [-0.2, 0) is 23.1 Å². The first-order chi connectivity index (χ1) is 11.3. The molecule has 1 saturated carbocycles. The maximum absolute atomic E-state index is 12.7. The lowest BCUT2D eigenvalue weighted by Crippen LogP contribution is -2.42. The van der Waals surface area contributed by atoms with E-state index in [9.17, 15) is 13.2 Å². The molecule has 3 rings (SSSR count). The third-order valence-electron chi connectivity index (χ3n) is 5.12. The molecular formula is C17H25N3O3S. The predicted molar refractivity (Wildman–Crippen MR) is 92.0 cm³/mol. The third-order valence-corrected chi connectivity index (χ3v) is 6.93. The number of carbonyl (C=O) groups is 1. The SMILES string of the molecule is CN(C(=O)N1Cc2ccc(S(=O)(=O)N(C)C)cc2C1)C1CCCC1. The topological polar surface area (TPSA) is 60.9 Å². The summed E-state index contributed by atoms with van der Waals surface area (Å²) < 4.78 is 25.7. The second-order valence-corrected chi connectivity index (χ2v) is 9.06. The van der Waals surface area contributed by atoms with Gasteiger partial charge in [-0.2, -0.15) is 0 Å². The van der Waals surface area contributed by atoms with Crippen molar-refractivity contribution in [3.05, 3.63) is 29.3 Å². The number of hydrogen-bond donors (Lipinski definition) is 0. The second kappa shape index (κ2) is 6.37. The van der Waals surface area contributed by atoms with Gasteiger partial charge in [0.1, 0.15) is 0 Å². The molecular weight excluding hydrogens is 326 g/mol. The normalized spacial score (nSPS) is 18.2. The van der Waals surface area contributed by atoms with Gasteiger partial charge in [0.05, 0.1) is 4.90 Å². The van der Waals surface area contributed by atoms with E-state index in [0.717, 1.165) is 24.0 Å². The van der Waals surface area contributed by atoms with Crippen LogP contribution in [0.2, 0.25) is 0 Å². The zero-order chi connectivity index (χ0) is 17.5. The first-order valence-corrected chi connectivity index (χ1v) is 9.81. The fraction of sp³-hybridized carbons (Fsp3) is 0.588. The van der Waals surface area contributed by atoms with Crippen molar-refractivity contribution >= 4 is 16.1 Å². The Balaban J connectivity index is 1.76. The van der Waals surface area contributed by atoms with Gasteiger partial charge in [-0.25, -0.2) is 17.5 Å². The molecule has 2 aliphatic rings. The van der Waals surface area contributed by atoms with Crippen LogP contribution in [0.25, 0.3) is 0 Å². The lowest BCUT2D eigenvalue weighted by Gasteiger charge is -2.29. The van der Waals surface area contributed by atoms with Crippen LogP contribution >= 0.6 is 0 Å². The maximum Gasteiger partial charge on any atom is 0.320 e. The van der Waals surface area contributed by atoms with E-state index in [4.69, 9.17) is 0 Å². The molecule has 1 aliphatic heterocycles. The summed E-state index contributed by atoms with van der Waals surface area (Å²) in [5, 5.41) is 0. The summed E-state index contributed by atoms with van der Waals surface area (Å²) in [5.41, 5.74) is 1.95. The van der Waals surface area contributed by atoms with E-state index in [-0.39, 0.29) is 10.9 Å². The van der Waals surface area contributed by atoms with Crippen molar-refractivity contribution in [1.82, 2.24) is 14.1 Å². The third kappa shape index (κ3) is 3.02. The minimum absolute atomic E-state index is 0.0371. The van der Waals surface area contributed by atoms with E-state index in [1.807, 2.05) is 18.0 Å². The summed E-state index contributed by atoms with van der Waals surface area (Å²) in [4.78, 5) is 16.7. The van der Waals surface area contributed by atoms with E-state index >= 15 is 0 Å². The van der Waals surface area contributed by atoms with Crippen molar-refractivity contribution in [2.75, 3.05) is 21.1 Å². The van der Waals surface area contributed by atoms with Gasteiger partial charge in [0.15, 0.2) is 0 Å². The molecule has 1 fully saturated rings. The highest BCUT2D eigenvalue weighted by molar-refractivity contribution is 7.89. The van der Waals surface area contributed by atoms with Gasteiger partial charge < -0.3 is 9.80 Å². The number of sulfonamides is 1. The molecule has 0 unspecified atom stereocenters. The van der Waals surface area contributed by atoms with Crippen molar-refractivity contribution in [1.29, 1.82) is 0 Å². The summed E-state index contributed by atoms with van der Waals surface area (Å²) in [6.07, 6.45) is 4.53. The predicted octanol–water partition coefficient (Wildman–Crippen LogP) is 2.25. The van der Waals surface area contributed by atoms with Gasteiger partial charge >= 0.3 is 6.03 Å². The van der Waals surface area contributed by atoms with Crippen molar-refractivity contribution in [3.8, 4) is 0 Å². The van der Waals surface area contributed by atoms with E-state index in [1.165, 1.54) is 31.2 Å². The summed E-state index contributed by atoms with van der Waals surface area (Å²) >= 11 is 0. The van der Waals surface area contributed by atoms with Crippen molar-refractivity contribution < 1.29 is 13.2 Å². The zero-order valence-corrected chi connectivity index (χ0v) is 15.3. The fourth-order valence-corrected chi connectivity index (χ4v) is 4.50. The monoisotopic (exact) mass is 351 g/mol. The van der Waals surface area contributed by atoms with Gasteiger partial charge in [0.25, 0.3) is 0 Å². The first-order valence-electron chi connectivity index (χ1n) is 8.37. The van der Waals surface area contributed by atoms with Crippen LogP contribution in [0.15, 0.2) is 23.1 Å². The zero-order valence-electron chi connectivity index (χ0n) is 14.5. The smallest absolute Gasteiger partial charge is 0.320 e. The molecule has 1 aliphatic carbocycles. The Kier molecular flexibility index (Phi) is 4.57. The van der Waals surface area contributed by atoms with Gasteiger partial charge in [0, 0.05) is 40.3 Å². The Labute approximate surface area is 144 Å². The lowest BCUT2D eigenvalue weighted by atomic mass is 10.1. The van der Waals surface area contributed by atoms with Crippen LogP contribution in [-0.4, -0.2) is 55.7 Å². The van der Waals surface area contributed by atoms with E-state index < -0.39 is 10.0 Å². The van der Waals surface area contributed by atoms with E-state index in [0.29, 0.717) is 19.1 Å². The molecule has 0 N–H and O–H groups in total. The van der Waals surface area contributed by atoms with Crippen LogP contribution in [0.1, 0.15) is 36.8 Å². The minimum Gasteiger partial charge on any atom is -0.325 e. The number of rotatable bonds is 3. The molecule has 0 bridgehead atoms. The highest BCUT2D eigenvalue weighted by Crippen LogP contribution is 2.29. The van der Waals surface area contributed by atoms with Gasteiger partial charge in [-0.05, 0) is 36.1 Å². The summed E-state index contributed by atoms with van der Waals surface area (Å²) in [7, 11) is 1.48. The van der Waals surface area contributed by atoms with Gasteiger partial charge in [-0.3, -0.25) is 0 Å². The molecule has 6 nitrogen and oxygen atoms in total. The average molecular weight is 351 g/mol. The van der Waals surface area contributed by atoms with Crippen molar-refractivity contribution in [3.63, 3.8) is 0 Å². The Morgan fingerprint density at radius 2 is 1.71 bits per heavy atom. The minimum atomic E-state index is -3.45. The molecule has 2 amide bonds. The van der Waals surface area contributed by atoms with E-state index in [2.05, 4.69) is 0 Å². The number of hydrogen-bond acceptors (Lipinski definition) is 3. The molecule has 132 valence electrons. The van der Waals surface area contributed by atoms with Crippen LogP contribution in [0.5, 0.6) is 0 Å². The Morgan fingerprint density at radius 1 is 1.08 bits per heavy atom. The number of carbonyl (C=O) groups excluding carboxylic acids is 1. The molecule has 0 aromatic heterocycles. The van der Waals surface area contributed by atoms with Gasteiger partial charge in [0.2, 0.25) is 10.0 Å². The van der Waals surface area contributed by atoms with Crippen LogP contribution in [0, 0.1) is 0 Å². The molecule has 1 aromatic carbocycles. The lowest BCUT2D eigenvalue weighted by molar-refractivity contribution is 0.146. The summed E-state index contributed by atoms with van der Waals surface area (Å²) in [6.45, 7) is 1.02.